The highest BCUT2D eigenvalue weighted by molar-refractivity contribution is 7.99. The fourth-order valence-corrected chi connectivity index (χ4v) is 2.52. The van der Waals surface area contributed by atoms with Crippen LogP contribution in [0.3, 0.4) is 0 Å². The molecular formula is C15H30N4O4S. The van der Waals surface area contributed by atoms with E-state index in [0.717, 1.165) is 6.54 Å². The number of likely N-dealkylation sites (N-methyl/N-ethyl adjacent to an activating group) is 1. The third-order valence-electron chi connectivity index (χ3n) is 3.08. The summed E-state index contributed by atoms with van der Waals surface area (Å²) in [5.74, 6) is -0.615. The van der Waals surface area contributed by atoms with Gasteiger partial charge in [-0.05, 0) is 40.4 Å². The van der Waals surface area contributed by atoms with Crippen LogP contribution in [0.1, 0.15) is 12.8 Å². The molecule has 0 radical (unpaired) electrons. The van der Waals surface area contributed by atoms with Crippen LogP contribution in [0.4, 0.5) is 0 Å². The Labute approximate surface area is 148 Å². The molecule has 140 valence electrons. The van der Waals surface area contributed by atoms with E-state index in [2.05, 4.69) is 10.6 Å². The Morgan fingerprint density at radius 2 is 1.67 bits per heavy atom. The van der Waals surface area contributed by atoms with E-state index < -0.39 is 12.0 Å². The highest BCUT2D eigenvalue weighted by Gasteiger charge is 2.19. The van der Waals surface area contributed by atoms with Crippen molar-refractivity contribution in [2.45, 2.75) is 18.9 Å². The fourth-order valence-electron chi connectivity index (χ4n) is 1.69. The molecule has 0 aliphatic rings. The van der Waals surface area contributed by atoms with E-state index in [9.17, 15) is 14.4 Å². The summed E-state index contributed by atoms with van der Waals surface area (Å²) in [6.45, 7) is 1.93. The maximum atomic E-state index is 11.7. The number of nitrogens with one attached hydrogen (secondary N) is 2. The summed E-state index contributed by atoms with van der Waals surface area (Å²) in [5, 5.41) is 14.5. The molecule has 0 rings (SSSR count). The molecule has 0 aromatic rings. The Kier molecular flexibility index (Phi) is 12.3. The monoisotopic (exact) mass is 362 g/mol. The van der Waals surface area contributed by atoms with Crippen molar-refractivity contribution in [1.82, 2.24) is 20.4 Å². The van der Waals surface area contributed by atoms with E-state index in [0.29, 0.717) is 25.3 Å². The molecule has 0 bridgehead atoms. The van der Waals surface area contributed by atoms with Gasteiger partial charge in [-0.2, -0.15) is 11.8 Å². The van der Waals surface area contributed by atoms with Crippen LogP contribution in [0.2, 0.25) is 0 Å². The largest absolute Gasteiger partial charge is 0.480 e. The topological polar surface area (TPSA) is 102 Å². The van der Waals surface area contributed by atoms with Crippen LogP contribution < -0.4 is 10.6 Å². The first kappa shape index (κ1) is 22.7. The quantitative estimate of drug-likeness (QED) is 0.373. The third-order valence-corrected chi connectivity index (χ3v) is 4.08. The van der Waals surface area contributed by atoms with Crippen molar-refractivity contribution < 1.29 is 19.5 Å². The number of carbonyl (C=O) groups excluding carboxylic acids is 2. The number of aliphatic carboxylic acids is 1. The average molecular weight is 362 g/mol. The van der Waals surface area contributed by atoms with Gasteiger partial charge in [-0.1, -0.05) is 0 Å². The number of rotatable bonds is 13. The zero-order valence-electron chi connectivity index (χ0n) is 15.0. The average Bonchev–Trinajstić information content (AvgIpc) is 2.47. The van der Waals surface area contributed by atoms with Crippen LogP contribution in [0.15, 0.2) is 0 Å². The summed E-state index contributed by atoms with van der Waals surface area (Å²) in [6.07, 6.45) is 0.552. The van der Waals surface area contributed by atoms with Crippen LogP contribution in [-0.4, -0.2) is 98.1 Å². The number of amides is 2. The van der Waals surface area contributed by atoms with E-state index in [1.165, 1.54) is 11.8 Å². The van der Waals surface area contributed by atoms with Crippen LogP contribution in [0.25, 0.3) is 0 Å². The van der Waals surface area contributed by atoms with Crippen molar-refractivity contribution >= 4 is 29.5 Å². The molecule has 9 heteroatoms. The number of hydrogen-bond donors (Lipinski definition) is 3. The molecule has 0 saturated carbocycles. The molecule has 0 aromatic carbocycles. The van der Waals surface area contributed by atoms with E-state index in [1.807, 2.05) is 38.0 Å². The normalized spacial score (nSPS) is 12.2. The second kappa shape index (κ2) is 13.0. The lowest BCUT2D eigenvalue weighted by molar-refractivity contribution is -0.141. The van der Waals surface area contributed by atoms with Gasteiger partial charge in [-0.15, -0.1) is 0 Å². The lowest BCUT2D eigenvalue weighted by atomic mass is 10.2. The van der Waals surface area contributed by atoms with Gasteiger partial charge in [-0.3, -0.25) is 9.59 Å². The van der Waals surface area contributed by atoms with Gasteiger partial charge in [0, 0.05) is 26.1 Å². The lowest BCUT2D eigenvalue weighted by Crippen LogP contribution is -2.42. The highest BCUT2D eigenvalue weighted by atomic mass is 32.2. The first-order valence-electron chi connectivity index (χ1n) is 7.88. The standard InChI is InChI=1S/C15H30N4O4S/c1-18(2)8-5-13(20)17-12(15(22)23)6-10-24-11-14(21)16-7-9-19(3)4/h12H,5-11H2,1-4H3,(H,16,21)(H,17,20)(H,22,23). The van der Waals surface area contributed by atoms with Crippen molar-refractivity contribution in [2.24, 2.45) is 0 Å². The molecule has 0 spiro atoms. The molecule has 1 unspecified atom stereocenters. The van der Waals surface area contributed by atoms with Gasteiger partial charge in [0.05, 0.1) is 5.75 Å². The van der Waals surface area contributed by atoms with Crippen molar-refractivity contribution in [3.63, 3.8) is 0 Å². The van der Waals surface area contributed by atoms with Crippen molar-refractivity contribution in [2.75, 3.05) is 59.3 Å². The zero-order valence-corrected chi connectivity index (χ0v) is 15.8. The summed E-state index contributed by atoms with van der Waals surface area (Å²) in [6, 6.07) is -0.913. The first-order valence-corrected chi connectivity index (χ1v) is 9.04. The number of carbonyl (C=O) groups is 3. The molecule has 0 heterocycles. The minimum Gasteiger partial charge on any atom is -0.480 e. The molecule has 2 amide bonds. The summed E-state index contributed by atoms with van der Waals surface area (Å²) in [7, 11) is 7.56. The van der Waals surface area contributed by atoms with Gasteiger partial charge in [0.1, 0.15) is 6.04 Å². The zero-order chi connectivity index (χ0) is 18.5. The molecule has 0 fully saturated rings. The fraction of sp³-hybridized carbons (Fsp3) is 0.800. The maximum absolute atomic E-state index is 11.7. The van der Waals surface area contributed by atoms with Crippen molar-refractivity contribution in [1.29, 1.82) is 0 Å². The van der Waals surface area contributed by atoms with E-state index in [1.54, 1.807) is 0 Å². The molecule has 0 saturated heterocycles. The van der Waals surface area contributed by atoms with Gasteiger partial charge in [0.2, 0.25) is 11.8 Å². The van der Waals surface area contributed by atoms with E-state index in [-0.39, 0.29) is 24.0 Å². The summed E-state index contributed by atoms with van der Waals surface area (Å²) in [5.41, 5.74) is 0. The summed E-state index contributed by atoms with van der Waals surface area (Å²) < 4.78 is 0. The second-order valence-corrected chi connectivity index (χ2v) is 7.11. The molecule has 8 nitrogen and oxygen atoms in total. The van der Waals surface area contributed by atoms with Crippen molar-refractivity contribution in [3.8, 4) is 0 Å². The maximum Gasteiger partial charge on any atom is 0.326 e. The Bertz CT molecular complexity index is 405. The second-order valence-electron chi connectivity index (χ2n) is 6.01. The van der Waals surface area contributed by atoms with Gasteiger partial charge >= 0.3 is 5.97 Å². The van der Waals surface area contributed by atoms with Crippen molar-refractivity contribution in [3.05, 3.63) is 0 Å². The minimum absolute atomic E-state index is 0.0660. The Morgan fingerprint density at radius 1 is 1.04 bits per heavy atom. The summed E-state index contributed by atoms with van der Waals surface area (Å²) >= 11 is 1.36. The molecule has 0 aliphatic heterocycles. The third kappa shape index (κ3) is 13.1. The molecule has 0 aromatic heterocycles. The predicted octanol–water partition coefficient (Wildman–Crippen LogP) is -0.691. The molecule has 1 atom stereocenters. The van der Waals surface area contributed by atoms with E-state index >= 15 is 0 Å². The number of hydrogen-bond acceptors (Lipinski definition) is 6. The van der Waals surface area contributed by atoms with Crippen LogP contribution in [0.5, 0.6) is 0 Å². The van der Waals surface area contributed by atoms with Gasteiger partial charge in [-0.25, -0.2) is 4.79 Å². The van der Waals surface area contributed by atoms with Crippen LogP contribution in [0, 0.1) is 0 Å². The number of carboxylic acid groups (broad SMARTS) is 1. The van der Waals surface area contributed by atoms with Crippen LogP contribution in [-0.2, 0) is 14.4 Å². The number of carboxylic acids is 1. The molecule has 24 heavy (non-hydrogen) atoms. The first-order chi connectivity index (χ1) is 11.2. The number of thioether (sulfide) groups is 1. The van der Waals surface area contributed by atoms with Gasteiger partial charge in [0.25, 0.3) is 0 Å². The SMILES string of the molecule is CN(C)CCNC(=O)CSCCC(NC(=O)CCN(C)C)C(=O)O. The Hall–Kier alpha value is -1.32. The minimum atomic E-state index is -1.05. The number of nitrogens with zero attached hydrogens (tertiary/aromatic N) is 2. The predicted molar refractivity (Wildman–Crippen MR) is 96.2 cm³/mol. The van der Waals surface area contributed by atoms with E-state index in [4.69, 9.17) is 5.11 Å². The Morgan fingerprint density at radius 3 is 2.21 bits per heavy atom. The molecule has 3 N–H and O–H groups in total. The van der Waals surface area contributed by atoms with Crippen LogP contribution >= 0.6 is 11.8 Å². The molecule has 0 aliphatic carbocycles. The summed E-state index contributed by atoms with van der Waals surface area (Å²) in [4.78, 5) is 38.3. The Balaban J connectivity index is 3.95. The smallest absolute Gasteiger partial charge is 0.326 e. The highest BCUT2D eigenvalue weighted by Crippen LogP contribution is 2.05. The van der Waals surface area contributed by atoms with Gasteiger partial charge in [0.15, 0.2) is 0 Å². The van der Waals surface area contributed by atoms with Gasteiger partial charge < -0.3 is 25.5 Å². The molecular weight excluding hydrogens is 332 g/mol. The lowest BCUT2D eigenvalue weighted by Gasteiger charge is -2.15.